The molecule has 3 aliphatic heterocycles. The number of nitrogens with zero attached hydrogens (tertiary/aromatic N) is 5. The van der Waals surface area contributed by atoms with Gasteiger partial charge in [0.15, 0.2) is 6.29 Å². The number of fused-ring (bicyclic) bond motifs is 3. The number of urea groups is 1. The summed E-state index contributed by atoms with van der Waals surface area (Å²) in [5.74, 6) is -0.121. The number of nitrogens with one attached hydrogen (secondary N) is 1. The van der Waals surface area contributed by atoms with E-state index >= 15 is 0 Å². The molecule has 4 rings (SSSR count). The molecule has 1 aromatic carbocycles. The lowest BCUT2D eigenvalue weighted by Gasteiger charge is -2.42. The summed E-state index contributed by atoms with van der Waals surface area (Å²) < 4.78 is 0. The quantitative estimate of drug-likeness (QED) is 0.818. The molecule has 8 nitrogen and oxygen atoms in total. The second-order valence-corrected chi connectivity index (χ2v) is 7.76. The van der Waals surface area contributed by atoms with Crippen molar-refractivity contribution in [3.8, 4) is 0 Å². The lowest BCUT2D eigenvalue weighted by atomic mass is 10.1. The molecule has 1 N–H and O–H groups in total. The van der Waals surface area contributed by atoms with Crippen LogP contribution in [0, 0.1) is 0 Å². The Morgan fingerprint density at radius 1 is 1.24 bits per heavy atom. The van der Waals surface area contributed by atoms with Gasteiger partial charge in [-0.1, -0.05) is 49.4 Å². The molecule has 0 aliphatic carbocycles. The molecule has 0 aromatic heterocycles. The number of imide groups is 1. The zero-order valence-electron chi connectivity index (χ0n) is 17.2. The van der Waals surface area contributed by atoms with Crippen molar-refractivity contribution in [2.75, 3.05) is 26.7 Å². The average Bonchev–Trinajstić information content (AvgIpc) is 3.10. The van der Waals surface area contributed by atoms with Gasteiger partial charge in [0.2, 0.25) is 0 Å². The van der Waals surface area contributed by atoms with E-state index in [1.807, 2.05) is 37.1 Å². The average molecular weight is 396 g/mol. The fourth-order valence-electron chi connectivity index (χ4n) is 4.28. The van der Waals surface area contributed by atoms with E-state index < -0.39 is 6.04 Å². The highest BCUT2D eigenvalue weighted by atomic mass is 16.2. The second kappa shape index (κ2) is 7.96. The van der Waals surface area contributed by atoms with Gasteiger partial charge < -0.3 is 4.90 Å². The van der Waals surface area contributed by atoms with Gasteiger partial charge in [0, 0.05) is 25.8 Å². The third kappa shape index (κ3) is 3.54. The zero-order valence-corrected chi connectivity index (χ0v) is 17.2. The van der Waals surface area contributed by atoms with Crippen molar-refractivity contribution >= 4 is 23.7 Å². The van der Waals surface area contributed by atoms with Crippen molar-refractivity contribution < 1.29 is 9.59 Å². The number of hydrogen-bond acceptors (Lipinski definition) is 6. The number of hydrogen-bond donors (Lipinski definition) is 1. The summed E-state index contributed by atoms with van der Waals surface area (Å²) in [6.45, 7) is 5.60. The first-order chi connectivity index (χ1) is 14.0. The van der Waals surface area contributed by atoms with Gasteiger partial charge >= 0.3 is 6.03 Å². The smallest absolute Gasteiger partial charge is 0.310 e. The molecule has 0 saturated carbocycles. The Bertz CT molecular complexity index is 839. The van der Waals surface area contributed by atoms with Gasteiger partial charge in [0.1, 0.15) is 12.2 Å². The molecule has 0 radical (unpaired) electrons. The van der Waals surface area contributed by atoms with Crippen LogP contribution in [0.4, 0.5) is 4.79 Å². The highest BCUT2D eigenvalue weighted by Gasteiger charge is 2.55. The van der Waals surface area contributed by atoms with E-state index in [1.165, 1.54) is 4.90 Å². The Morgan fingerprint density at radius 2 is 2.00 bits per heavy atom. The summed E-state index contributed by atoms with van der Waals surface area (Å²) in [6, 6.07) is 9.48. The zero-order chi connectivity index (χ0) is 20.5. The molecular formula is C21H28N6O2. The van der Waals surface area contributed by atoms with Crippen molar-refractivity contribution in [2.24, 2.45) is 5.10 Å². The molecule has 0 spiro atoms. The predicted octanol–water partition coefficient (Wildman–Crippen LogP) is 1.58. The molecule has 154 valence electrons. The first-order valence-corrected chi connectivity index (χ1v) is 10.1. The van der Waals surface area contributed by atoms with E-state index in [0.29, 0.717) is 19.6 Å². The Kier molecular flexibility index (Phi) is 5.38. The molecule has 2 fully saturated rings. The van der Waals surface area contributed by atoms with E-state index in [2.05, 4.69) is 34.5 Å². The lowest BCUT2D eigenvalue weighted by Crippen LogP contribution is -2.66. The largest absolute Gasteiger partial charge is 0.327 e. The van der Waals surface area contributed by atoms with Gasteiger partial charge in [-0.3, -0.25) is 20.0 Å². The maximum Gasteiger partial charge on any atom is 0.327 e. The third-order valence-corrected chi connectivity index (χ3v) is 5.60. The van der Waals surface area contributed by atoms with Crippen LogP contribution in [0.15, 0.2) is 41.5 Å². The summed E-state index contributed by atoms with van der Waals surface area (Å²) in [4.78, 5) is 31.0. The van der Waals surface area contributed by atoms with Crippen LogP contribution in [0.25, 0.3) is 6.08 Å². The van der Waals surface area contributed by atoms with Crippen molar-refractivity contribution in [1.29, 1.82) is 0 Å². The highest BCUT2D eigenvalue weighted by Crippen LogP contribution is 2.30. The fourth-order valence-corrected chi connectivity index (χ4v) is 4.28. The number of hydrazone groups is 1. The number of carbonyl (C=O) groups excluding carboxylic acids is 2. The molecule has 8 heteroatoms. The Hall–Kier alpha value is -2.71. The molecule has 3 aliphatic rings. The molecule has 3 unspecified atom stereocenters. The molecule has 3 atom stereocenters. The Balaban J connectivity index is 1.55. The van der Waals surface area contributed by atoms with E-state index in [1.54, 1.807) is 11.9 Å². The Labute approximate surface area is 171 Å². The van der Waals surface area contributed by atoms with Gasteiger partial charge in [-0.15, -0.1) is 0 Å². The first kappa shape index (κ1) is 19.6. The summed E-state index contributed by atoms with van der Waals surface area (Å²) in [5.41, 5.74) is 2.08. The monoisotopic (exact) mass is 396 g/mol. The van der Waals surface area contributed by atoms with Crippen LogP contribution in [0.3, 0.4) is 0 Å². The Morgan fingerprint density at radius 3 is 2.72 bits per heavy atom. The van der Waals surface area contributed by atoms with Gasteiger partial charge in [-0.25, -0.2) is 9.69 Å². The minimum Gasteiger partial charge on any atom is -0.310 e. The van der Waals surface area contributed by atoms with E-state index in [4.69, 9.17) is 5.10 Å². The molecule has 1 aromatic rings. The number of amides is 3. The van der Waals surface area contributed by atoms with Crippen molar-refractivity contribution in [2.45, 2.75) is 38.8 Å². The maximum atomic E-state index is 13.1. The number of benzene rings is 1. The molecule has 0 bridgehead atoms. The van der Waals surface area contributed by atoms with Crippen LogP contribution >= 0.6 is 0 Å². The van der Waals surface area contributed by atoms with Gasteiger partial charge in [-0.05, 0) is 18.9 Å². The van der Waals surface area contributed by atoms with E-state index in [9.17, 15) is 9.59 Å². The number of rotatable bonds is 5. The minimum atomic E-state index is -0.402. The molecule has 2 saturated heterocycles. The molecular weight excluding hydrogens is 368 g/mol. The van der Waals surface area contributed by atoms with Crippen molar-refractivity contribution in [3.63, 3.8) is 0 Å². The SMILES string of the molecule is CCCN1C(=O)C2C(NC3N(C/C=C/c4ccccc4)N=C(C)CN23)N(C)C1=O. The van der Waals surface area contributed by atoms with Crippen molar-refractivity contribution in [1.82, 2.24) is 25.0 Å². The molecule has 3 amide bonds. The van der Waals surface area contributed by atoms with E-state index in [-0.39, 0.29) is 24.4 Å². The maximum absolute atomic E-state index is 13.1. The lowest BCUT2D eigenvalue weighted by molar-refractivity contribution is -0.138. The summed E-state index contributed by atoms with van der Waals surface area (Å²) in [5, 5.41) is 10.1. The molecule has 3 heterocycles. The first-order valence-electron chi connectivity index (χ1n) is 10.1. The van der Waals surface area contributed by atoms with Crippen LogP contribution in [0.5, 0.6) is 0 Å². The minimum absolute atomic E-state index is 0.121. The fraction of sp³-hybridized carbons (Fsp3) is 0.476. The van der Waals surface area contributed by atoms with Crippen LogP contribution < -0.4 is 5.32 Å². The van der Waals surface area contributed by atoms with Crippen LogP contribution in [0.2, 0.25) is 0 Å². The number of carbonyl (C=O) groups is 2. The van der Waals surface area contributed by atoms with Gasteiger partial charge in [-0.2, -0.15) is 5.10 Å². The van der Waals surface area contributed by atoms with Gasteiger partial charge in [0.05, 0.1) is 6.54 Å². The standard InChI is InChI=1S/C21H28N6O2/c1-4-12-25-19(28)17-18(24(3)21(25)29)22-20-26(17)14-15(2)23-27(20)13-8-11-16-9-6-5-7-10-16/h5-11,17-18,20,22H,4,12-14H2,1-3H3/b11-8+. The summed E-state index contributed by atoms with van der Waals surface area (Å²) in [6.07, 6.45) is 4.30. The van der Waals surface area contributed by atoms with Crippen molar-refractivity contribution in [3.05, 3.63) is 42.0 Å². The summed E-state index contributed by atoms with van der Waals surface area (Å²) >= 11 is 0. The second-order valence-electron chi connectivity index (χ2n) is 7.76. The molecule has 29 heavy (non-hydrogen) atoms. The van der Waals surface area contributed by atoms with Crippen LogP contribution in [0.1, 0.15) is 25.8 Å². The number of likely N-dealkylation sites (N-methyl/N-ethyl adjacent to an activating group) is 1. The van der Waals surface area contributed by atoms with Gasteiger partial charge in [0.25, 0.3) is 5.91 Å². The van der Waals surface area contributed by atoms with Crippen LogP contribution in [-0.2, 0) is 4.79 Å². The summed E-state index contributed by atoms with van der Waals surface area (Å²) in [7, 11) is 1.76. The normalized spacial score (nSPS) is 27.5. The highest BCUT2D eigenvalue weighted by molar-refractivity contribution is 6.01. The van der Waals surface area contributed by atoms with Crippen LogP contribution in [-0.4, -0.2) is 82.5 Å². The third-order valence-electron chi connectivity index (χ3n) is 5.60. The predicted molar refractivity (Wildman–Crippen MR) is 112 cm³/mol. The van der Waals surface area contributed by atoms with E-state index in [0.717, 1.165) is 17.7 Å². The topological polar surface area (TPSA) is 71.5 Å².